The number of ether oxygens (including phenoxy) is 1. The summed E-state index contributed by atoms with van der Waals surface area (Å²) in [6, 6.07) is 60.7. The number of para-hydroxylation sites is 4. The third-order valence-electron chi connectivity index (χ3n) is 10.9. The van der Waals surface area contributed by atoms with Crippen molar-refractivity contribution in [3.8, 4) is 45.1 Å². The highest BCUT2D eigenvalue weighted by Gasteiger charge is 2.24. The SMILES string of the molecule is c1ccc(-c2ccc3c(c2)c2cc(-c4ccc5c(c4)c4cccc6c4n5-c4ccccc4O6)ccc2n3-c2ccc3c(c2)oc2ccccc23)cc1. The molecule has 8 aromatic carbocycles. The third-order valence-corrected chi connectivity index (χ3v) is 10.9. The van der Waals surface area contributed by atoms with Crippen LogP contribution in [0.4, 0.5) is 0 Å². The van der Waals surface area contributed by atoms with E-state index in [1.807, 2.05) is 24.3 Å². The molecule has 0 fully saturated rings. The summed E-state index contributed by atoms with van der Waals surface area (Å²) in [4.78, 5) is 0. The van der Waals surface area contributed by atoms with Crippen molar-refractivity contribution < 1.29 is 9.15 Å². The van der Waals surface area contributed by atoms with Gasteiger partial charge in [-0.15, -0.1) is 0 Å². The molecule has 4 nitrogen and oxygen atoms in total. The van der Waals surface area contributed by atoms with E-state index in [0.29, 0.717) is 0 Å². The molecular weight excluding hydrogens is 637 g/mol. The van der Waals surface area contributed by atoms with Crippen molar-refractivity contribution in [2.75, 3.05) is 0 Å². The Labute approximate surface area is 297 Å². The van der Waals surface area contributed by atoms with Crippen molar-refractivity contribution in [1.29, 1.82) is 0 Å². The second-order valence-electron chi connectivity index (χ2n) is 13.7. The van der Waals surface area contributed by atoms with E-state index >= 15 is 0 Å². The van der Waals surface area contributed by atoms with E-state index in [2.05, 4.69) is 155 Å². The number of nitrogens with zero attached hydrogens (tertiary/aromatic N) is 2. The molecule has 0 spiro atoms. The van der Waals surface area contributed by atoms with E-state index in [-0.39, 0.29) is 0 Å². The Kier molecular flexibility index (Phi) is 5.47. The standard InChI is InChI=1S/C48H28N2O2/c1-2-9-29(10-3-1)30-17-22-40-38(25-30)39-27-32(18-23-41(39)49(40)33-20-21-35-34-11-4-6-14-44(34)51-47(35)28-33)31-19-24-42-37(26-31)36-12-8-16-46-48(36)50(42)43-13-5-7-15-45(43)52-46/h1-28H. The predicted molar refractivity (Wildman–Crippen MR) is 213 cm³/mol. The average Bonchev–Trinajstić information content (AvgIpc) is 3.86. The van der Waals surface area contributed by atoms with Gasteiger partial charge in [0.2, 0.25) is 0 Å². The zero-order valence-corrected chi connectivity index (χ0v) is 27.9. The van der Waals surface area contributed by atoms with Gasteiger partial charge in [0.25, 0.3) is 0 Å². The van der Waals surface area contributed by atoms with Crippen molar-refractivity contribution in [3.05, 3.63) is 170 Å². The number of rotatable bonds is 3. The highest BCUT2D eigenvalue weighted by atomic mass is 16.5. The molecule has 4 heteroatoms. The Morgan fingerprint density at radius 2 is 0.942 bits per heavy atom. The minimum absolute atomic E-state index is 0.875. The summed E-state index contributed by atoms with van der Waals surface area (Å²) in [5, 5.41) is 7.09. The van der Waals surface area contributed by atoms with Crippen LogP contribution < -0.4 is 4.74 Å². The molecule has 0 aliphatic carbocycles. The van der Waals surface area contributed by atoms with Gasteiger partial charge in [0.1, 0.15) is 11.2 Å². The average molecular weight is 665 g/mol. The summed E-state index contributed by atoms with van der Waals surface area (Å²) in [5.74, 6) is 1.76. The van der Waals surface area contributed by atoms with Gasteiger partial charge in [0.05, 0.1) is 27.8 Å². The number of hydrogen-bond donors (Lipinski definition) is 0. The normalized spacial score (nSPS) is 12.4. The van der Waals surface area contributed by atoms with Gasteiger partial charge < -0.3 is 18.3 Å². The van der Waals surface area contributed by atoms with Crippen LogP contribution in [0, 0.1) is 0 Å². The van der Waals surface area contributed by atoms with E-state index in [1.54, 1.807) is 0 Å². The van der Waals surface area contributed by atoms with E-state index in [1.165, 1.54) is 49.3 Å². The fourth-order valence-electron chi connectivity index (χ4n) is 8.54. The minimum atomic E-state index is 0.875. The molecule has 11 aromatic rings. The van der Waals surface area contributed by atoms with Gasteiger partial charge >= 0.3 is 0 Å². The fourth-order valence-corrected chi connectivity index (χ4v) is 8.54. The molecule has 3 aromatic heterocycles. The number of fused-ring (bicyclic) bond motifs is 11. The minimum Gasteiger partial charge on any atom is -0.456 e. The molecule has 4 heterocycles. The van der Waals surface area contributed by atoms with Gasteiger partial charge in [-0.2, -0.15) is 0 Å². The van der Waals surface area contributed by atoms with Gasteiger partial charge in [0, 0.05) is 44.1 Å². The van der Waals surface area contributed by atoms with E-state index in [4.69, 9.17) is 9.15 Å². The lowest BCUT2D eigenvalue weighted by Crippen LogP contribution is -2.03. The van der Waals surface area contributed by atoms with Crippen LogP contribution >= 0.6 is 0 Å². The fraction of sp³-hybridized carbons (Fsp3) is 0. The lowest BCUT2D eigenvalue weighted by molar-refractivity contribution is 0.476. The monoisotopic (exact) mass is 664 g/mol. The maximum atomic E-state index is 6.37. The highest BCUT2D eigenvalue weighted by Crippen LogP contribution is 2.46. The first-order chi connectivity index (χ1) is 25.8. The first-order valence-electron chi connectivity index (χ1n) is 17.7. The first kappa shape index (κ1) is 27.7. The van der Waals surface area contributed by atoms with Crippen LogP contribution in [0.2, 0.25) is 0 Å². The van der Waals surface area contributed by atoms with Crippen LogP contribution in [0.15, 0.2) is 174 Å². The van der Waals surface area contributed by atoms with Crippen LogP contribution in [0.1, 0.15) is 0 Å². The number of benzene rings is 8. The maximum Gasteiger partial charge on any atom is 0.152 e. The molecule has 0 radical (unpaired) electrons. The van der Waals surface area contributed by atoms with Crippen molar-refractivity contribution in [1.82, 2.24) is 9.13 Å². The first-order valence-corrected chi connectivity index (χ1v) is 17.7. The molecular formula is C48H28N2O2. The zero-order chi connectivity index (χ0) is 33.9. The zero-order valence-electron chi connectivity index (χ0n) is 27.9. The van der Waals surface area contributed by atoms with Crippen molar-refractivity contribution in [3.63, 3.8) is 0 Å². The lowest BCUT2D eigenvalue weighted by Gasteiger charge is -2.20. The molecule has 0 atom stereocenters. The van der Waals surface area contributed by atoms with Crippen LogP contribution in [0.25, 0.3) is 99.2 Å². The number of furan rings is 1. The number of aromatic nitrogens is 2. The maximum absolute atomic E-state index is 6.37. The predicted octanol–water partition coefficient (Wildman–Crippen LogP) is 13.2. The smallest absolute Gasteiger partial charge is 0.152 e. The van der Waals surface area contributed by atoms with Gasteiger partial charge in [-0.25, -0.2) is 0 Å². The summed E-state index contributed by atoms with van der Waals surface area (Å²) < 4.78 is 17.5. The summed E-state index contributed by atoms with van der Waals surface area (Å²) in [6.45, 7) is 0. The van der Waals surface area contributed by atoms with Crippen LogP contribution in [-0.2, 0) is 0 Å². The largest absolute Gasteiger partial charge is 0.456 e. The molecule has 1 aliphatic rings. The molecule has 0 saturated carbocycles. The Morgan fingerprint density at radius 3 is 1.73 bits per heavy atom. The summed E-state index contributed by atoms with van der Waals surface area (Å²) in [6.07, 6.45) is 0. The van der Waals surface area contributed by atoms with Gasteiger partial charge in [-0.05, 0) is 95.1 Å². The molecule has 0 unspecified atom stereocenters. The van der Waals surface area contributed by atoms with Crippen molar-refractivity contribution in [2.45, 2.75) is 0 Å². The van der Waals surface area contributed by atoms with Crippen LogP contribution in [0.3, 0.4) is 0 Å². The van der Waals surface area contributed by atoms with Crippen LogP contribution in [0.5, 0.6) is 11.5 Å². The van der Waals surface area contributed by atoms with Gasteiger partial charge in [-0.1, -0.05) is 91.0 Å². The van der Waals surface area contributed by atoms with Gasteiger partial charge in [-0.3, -0.25) is 0 Å². The molecule has 0 bridgehead atoms. The second kappa shape index (κ2) is 10.3. The molecule has 0 amide bonds. The molecule has 242 valence electrons. The van der Waals surface area contributed by atoms with Crippen molar-refractivity contribution in [2.24, 2.45) is 0 Å². The van der Waals surface area contributed by atoms with Crippen molar-refractivity contribution >= 4 is 65.6 Å². The lowest BCUT2D eigenvalue weighted by atomic mass is 9.99. The van der Waals surface area contributed by atoms with Crippen LogP contribution in [-0.4, -0.2) is 9.13 Å². The third kappa shape index (κ3) is 3.81. The second-order valence-corrected chi connectivity index (χ2v) is 13.7. The molecule has 0 saturated heterocycles. The van der Waals surface area contributed by atoms with E-state index in [0.717, 1.165) is 61.4 Å². The summed E-state index contributed by atoms with van der Waals surface area (Å²) >= 11 is 0. The molecule has 12 rings (SSSR count). The number of hydrogen-bond acceptors (Lipinski definition) is 2. The highest BCUT2D eigenvalue weighted by molar-refractivity contribution is 6.15. The Balaban J connectivity index is 1.09. The topological polar surface area (TPSA) is 32.2 Å². The summed E-state index contributed by atoms with van der Waals surface area (Å²) in [5.41, 5.74) is 13.3. The summed E-state index contributed by atoms with van der Waals surface area (Å²) in [7, 11) is 0. The van der Waals surface area contributed by atoms with E-state index in [9.17, 15) is 0 Å². The quantitative estimate of drug-likeness (QED) is 0.188. The Hall–Kier alpha value is -7.04. The Morgan fingerprint density at radius 1 is 0.346 bits per heavy atom. The molecule has 1 aliphatic heterocycles. The Bertz CT molecular complexity index is 3270. The van der Waals surface area contributed by atoms with E-state index < -0.39 is 0 Å². The molecule has 0 N–H and O–H groups in total. The molecule has 52 heavy (non-hydrogen) atoms. The van der Waals surface area contributed by atoms with Gasteiger partial charge in [0.15, 0.2) is 11.5 Å².